The van der Waals surface area contributed by atoms with E-state index in [1.54, 1.807) is 38.4 Å². The van der Waals surface area contributed by atoms with Gasteiger partial charge in [-0.2, -0.15) is 5.10 Å². The van der Waals surface area contributed by atoms with Crippen LogP contribution < -0.4 is 14.9 Å². The Bertz CT molecular complexity index is 1130. The third kappa shape index (κ3) is 4.69. The van der Waals surface area contributed by atoms with Crippen molar-refractivity contribution in [2.45, 2.75) is 20.4 Å². The lowest BCUT2D eigenvalue weighted by molar-refractivity contribution is -0.143. The van der Waals surface area contributed by atoms with Crippen LogP contribution in [0.4, 0.5) is 0 Å². The van der Waals surface area contributed by atoms with Crippen LogP contribution in [0.3, 0.4) is 0 Å². The Morgan fingerprint density at radius 1 is 1.13 bits per heavy atom. The minimum absolute atomic E-state index is 0.101. The molecule has 162 valence electrons. The second-order valence-electron chi connectivity index (χ2n) is 6.67. The number of benzene rings is 2. The maximum atomic E-state index is 12.6. The maximum Gasteiger partial charge on any atom is 0.325 e. The molecule has 8 nitrogen and oxygen atoms in total. The van der Waals surface area contributed by atoms with Crippen LogP contribution in [0.5, 0.6) is 11.5 Å². The van der Waals surface area contributed by atoms with E-state index in [0.717, 1.165) is 22.2 Å². The number of para-hydroxylation sites is 1. The Labute approximate surface area is 180 Å². The monoisotopic (exact) mass is 423 g/mol. The third-order valence-electron chi connectivity index (χ3n) is 4.89. The second-order valence-corrected chi connectivity index (χ2v) is 6.67. The summed E-state index contributed by atoms with van der Waals surface area (Å²) in [6.45, 7) is 4.10. The standard InChI is InChI=1S/C23H25N3O5/c1-5-31-22(27)14-26-15(2)19(17-8-6-7-9-20(17)26)13-24-25-23(28)18-11-10-16(29-3)12-21(18)30-4/h6-13H,5,14H2,1-4H3,(H,25,28)/b24-13-. The minimum Gasteiger partial charge on any atom is -0.497 e. The Kier molecular flexibility index (Phi) is 6.92. The summed E-state index contributed by atoms with van der Waals surface area (Å²) in [5, 5.41) is 5.06. The first-order valence-corrected chi connectivity index (χ1v) is 9.79. The van der Waals surface area contributed by atoms with E-state index in [9.17, 15) is 9.59 Å². The SMILES string of the molecule is CCOC(=O)Cn1c(C)c(/C=N\NC(=O)c2ccc(OC)cc2OC)c2ccccc21. The number of carbonyl (C=O) groups is 2. The fourth-order valence-corrected chi connectivity index (χ4v) is 3.36. The number of nitrogens with zero attached hydrogens (tertiary/aromatic N) is 2. The van der Waals surface area contributed by atoms with Crippen molar-refractivity contribution in [3.05, 3.63) is 59.3 Å². The molecule has 0 aliphatic heterocycles. The molecule has 0 unspecified atom stereocenters. The third-order valence-corrected chi connectivity index (χ3v) is 4.89. The number of methoxy groups -OCH3 is 2. The van der Waals surface area contributed by atoms with Crippen molar-refractivity contribution < 1.29 is 23.8 Å². The molecule has 0 bridgehead atoms. The smallest absolute Gasteiger partial charge is 0.325 e. The van der Waals surface area contributed by atoms with Crippen molar-refractivity contribution in [1.29, 1.82) is 0 Å². The van der Waals surface area contributed by atoms with Gasteiger partial charge in [0.15, 0.2) is 0 Å². The Morgan fingerprint density at radius 2 is 1.90 bits per heavy atom. The highest BCUT2D eigenvalue weighted by Crippen LogP contribution is 2.26. The van der Waals surface area contributed by atoms with Gasteiger partial charge in [-0.25, -0.2) is 5.43 Å². The molecule has 1 heterocycles. The van der Waals surface area contributed by atoms with Gasteiger partial charge < -0.3 is 18.8 Å². The minimum atomic E-state index is -0.413. The van der Waals surface area contributed by atoms with Crippen LogP contribution in [-0.4, -0.2) is 43.5 Å². The molecule has 0 atom stereocenters. The van der Waals surface area contributed by atoms with Gasteiger partial charge in [0.2, 0.25) is 0 Å². The topological polar surface area (TPSA) is 91.2 Å². The van der Waals surface area contributed by atoms with Crippen LogP contribution >= 0.6 is 0 Å². The van der Waals surface area contributed by atoms with Gasteiger partial charge in [-0.15, -0.1) is 0 Å². The molecule has 31 heavy (non-hydrogen) atoms. The van der Waals surface area contributed by atoms with E-state index < -0.39 is 5.91 Å². The molecule has 3 aromatic rings. The summed E-state index contributed by atoms with van der Waals surface area (Å²) < 4.78 is 17.4. The quantitative estimate of drug-likeness (QED) is 0.341. The fourth-order valence-electron chi connectivity index (χ4n) is 3.36. The van der Waals surface area contributed by atoms with E-state index in [1.165, 1.54) is 7.11 Å². The van der Waals surface area contributed by atoms with Crippen molar-refractivity contribution in [3.8, 4) is 11.5 Å². The Balaban J connectivity index is 1.86. The summed E-state index contributed by atoms with van der Waals surface area (Å²) in [6.07, 6.45) is 1.58. The van der Waals surface area contributed by atoms with E-state index in [-0.39, 0.29) is 12.5 Å². The molecule has 0 radical (unpaired) electrons. The summed E-state index contributed by atoms with van der Waals surface area (Å²) >= 11 is 0. The lowest BCUT2D eigenvalue weighted by Crippen LogP contribution is -2.18. The Morgan fingerprint density at radius 3 is 2.61 bits per heavy atom. The van der Waals surface area contributed by atoms with E-state index in [1.807, 2.05) is 35.8 Å². The number of nitrogens with one attached hydrogen (secondary N) is 1. The van der Waals surface area contributed by atoms with Crippen molar-refractivity contribution in [2.24, 2.45) is 5.10 Å². The van der Waals surface area contributed by atoms with E-state index in [0.29, 0.717) is 23.7 Å². The molecule has 0 aliphatic rings. The Hall–Kier alpha value is -3.81. The van der Waals surface area contributed by atoms with Crippen LogP contribution in [0.15, 0.2) is 47.6 Å². The highest BCUT2D eigenvalue weighted by atomic mass is 16.5. The van der Waals surface area contributed by atoms with Crippen LogP contribution in [-0.2, 0) is 16.1 Å². The predicted octanol–water partition coefficient (Wildman–Crippen LogP) is 3.29. The molecule has 1 N–H and O–H groups in total. The molecule has 0 aliphatic carbocycles. The van der Waals surface area contributed by atoms with Gasteiger partial charge in [-0.05, 0) is 32.0 Å². The molecule has 0 saturated carbocycles. The summed E-state index contributed by atoms with van der Waals surface area (Å²) in [5.41, 5.74) is 5.40. The fraction of sp³-hybridized carbons (Fsp3) is 0.261. The number of fused-ring (bicyclic) bond motifs is 1. The van der Waals surface area contributed by atoms with Gasteiger partial charge in [-0.3, -0.25) is 9.59 Å². The van der Waals surface area contributed by atoms with Crippen LogP contribution in [0.25, 0.3) is 10.9 Å². The largest absolute Gasteiger partial charge is 0.497 e. The van der Waals surface area contributed by atoms with Crippen LogP contribution in [0.1, 0.15) is 28.5 Å². The molecule has 0 fully saturated rings. The summed E-state index contributed by atoms with van der Waals surface area (Å²) in [6, 6.07) is 12.6. The van der Waals surface area contributed by atoms with Crippen molar-refractivity contribution in [3.63, 3.8) is 0 Å². The summed E-state index contributed by atoms with van der Waals surface area (Å²) in [4.78, 5) is 24.6. The number of hydrogen-bond acceptors (Lipinski definition) is 6. The van der Waals surface area contributed by atoms with Crippen molar-refractivity contribution >= 4 is 29.0 Å². The van der Waals surface area contributed by atoms with Gasteiger partial charge >= 0.3 is 5.97 Å². The van der Waals surface area contributed by atoms with Crippen molar-refractivity contribution in [2.75, 3.05) is 20.8 Å². The molecular weight excluding hydrogens is 398 g/mol. The van der Waals surface area contributed by atoms with E-state index in [2.05, 4.69) is 10.5 Å². The molecular formula is C23H25N3O5. The normalized spacial score (nSPS) is 11.0. The highest BCUT2D eigenvalue weighted by Gasteiger charge is 2.16. The maximum absolute atomic E-state index is 12.6. The van der Waals surface area contributed by atoms with Gasteiger partial charge in [0, 0.05) is 28.2 Å². The van der Waals surface area contributed by atoms with E-state index in [4.69, 9.17) is 14.2 Å². The summed E-state index contributed by atoms with van der Waals surface area (Å²) in [5.74, 6) is 0.245. The number of esters is 1. The molecule has 8 heteroatoms. The van der Waals surface area contributed by atoms with Crippen LogP contribution in [0.2, 0.25) is 0 Å². The van der Waals surface area contributed by atoms with Gasteiger partial charge in [0.1, 0.15) is 18.0 Å². The molecule has 1 amide bonds. The first-order valence-electron chi connectivity index (χ1n) is 9.79. The number of amides is 1. The first kappa shape index (κ1) is 21.9. The van der Waals surface area contributed by atoms with Crippen LogP contribution in [0, 0.1) is 6.92 Å². The number of ether oxygens (including phenoxy) is 3. The number of carbonyl (C=O) groups excluding carboxylic acids is 2. The molecule has 2 aromatic carbocycles. The number of rotatable bonds is 8. The van der Waals surface area contributed by atoms with Gasteiger partial charge in [0.25, 0.3) is 5.91 Å². The van der Waals surface area contributed by atoms with Crippen molar-refractivity contribution in [1.82, 2.24) is 9.99 Å². The van der Waals surface area contributed by atoms with Gasteiger partial charge in [-0.1, -0.05) is 18.2 Å². The number of hydrazone groups is 1. The number of hydrogen-bond donors (Lipinski definition) is 1. The van der Waals surface area contributed by atoms with Gasteiger partial charge in [0.05, 0.1) is 32.6 Å². The summed E-state index contributed by atoms with van der Waals surface area (Å²) in [7, 11) is 3.02. The molecule has 0 spiro atoms. The highest BCUT2D eigenvalue weighted by molar-refractivity contribution is 6.02. The predicted molar refractivity (Wildman–Crippen MR) is 118 cm³/mol. The van der Waals surface area contributed by atoms with E-state index >= 15 is 0 Å². The first-order chi connectivity index (χ1) is 15.0. The molecule has 3 rings (SSSR count). The second kappa shape index (κ2) is 9.80. The average molecular weight is 423 g/mol. The average Bonchev–Trinajstić information content (AvgIpc) is 3.04. The molecule has 0 saturated heterocycles. The zero-order valence-electron chi connectivity index (χ0n) is 18.0. The zero-order valence-corrected chi connectivity index (χ0v) is 18.0. The lowest BCUT2D eigenvalue weighted by Gasteiger charge is -2.09. The zero-order chi connectivity index (χ0) is 22.4. The molecule has 1 aromatic heterocycles. The number of aromatic nitrogens is 1. The lowest BCUT2D eigenvalue weighted by atomic mass is 10.1.